The third kappa shape index (κ3) is 3.82. The van der Waals surface area contributed by atoms with Gasteiger partial charge in [0, 0.05) is 20.8 Å². The first-order chi connectivity index (χ1) is 8.72. The van der Waals surface area contributed by atoms with Crippen LogP contribution in [0.1, 0.15) is 44.4 Å². The van der Waals surface area contributed by atoms with Crippen LogP contribution in [0.2, 0.25) is 0 Å². The van der Waals surface area contributed by atoms with E-state index in [9.17, 15) is 0 Å². The molecular weight excluding hydrogens is 306 g/mol. The lowest BCUT2D eigenvalue weighted by molar-refractivity contribution is 0.350. The molecule has 0 aromatic carbocycles. The van der Waals surface area contributed by atoms with Crippen LogP contribution in [0, 0.1) is 11.8 Å². The first-order valence-corrected chi connectivity index (χ1v) is 8.86. The maximum absolute atomic E-state index is 3.72. The van der Waals surface area contributed by atoms with Crippen LogP contribution in [0.5, 0.6) is 0 Å². The fraction of sp³-hybridized carbons (Fsp3) is 0.733. The minimum Gasteiger partial charge on any atom is -0.314 e. The molecule has 102 valence electrons. The predicted octanol–water partition coefficient (Wildman–Crippen LogP) is 4.86. The zero-order valence-electron chi connectivity index (χ0n) is 11.4. The molecule has 3 atom stereocenters. The van der Waals surface area contributed by atoms with Crippen molar-refractivity contribution in [1.82, 2.24) is 5.32 Å². The van der Waals surface area contributed by atoms with Crippen LogP contribution in [-0.4, -0.2) is 12.6 Å². The van der Waals surface area contributed by atoms with Gasteiger partial charge in [-0.3, -0.25) is 0 Å². The molecule has 0 bridgehead atoms. The summed E-state index contributed by atoms with van der Waals surface area (Å²) in [7, 11) is 0. The van der Waals surface area contributed by atoms with Gasteiger partial charge in [0.25, 0.3) is 0 Å². The number of nitrogens with one attached hydrogen (secondary N) is 1. The molecule has 18 heavy (non-hydrogen) atoms. The van der Waals surface area contributed by atoms with E-state index in [1.165, 1.54) is 41.5 Å². The summed E-state index contributed by atoms with van der Waals surface area (Å²) < 4.78 is 1.23. The Hall–Kier alpha value is 0.140. The van der Waals surface area contributed by atoms with Crippen LogP contribution in [0.15, 0.2) is 15.9 Å². The second-order valence-electron chi connectivity index (χ2n) is 5.45. The molecule has 0 saturated heterocycles. The highest BCUT2D eigenvalue weighted by molar-refractivity contribution is 9.10. The Bertz CT molecular complexity index is 363. The van der Waals surface area contributed by atoms with E-state index in [4.69, 9.17) is 0 Å². The smallest absolute Gasteiger partial charge is 0.0285 e. The fourth-order valence-electron chi connectivity index (χ4n) is 3.20. The van der Waals surface area contributed by atoms with E-state index in [-0.39, 0.29) is 0 Å². The average molecular weight is 330 g/mol. The lowest BCUT2D eigenvalue weighted by Crippen LogP contribution is -2.36. The van der Waals surface area contributed by atoms with Crippen LogP contribution < -0.4 is 5.32 Å². The molecule has 1 aromatic rings. The monoisotopic (exact) mass is 329 g/mol. The third-order valence-electron chi connectivity index (χ3n) is 4.24. The molecule has 1 saturated carbocycles. The quantitative estimate of drug-likeness (QED) is 0.786. The van der Waals surface area contributed by atoms with Crippen molar-refractivity contribution in [2.45, 2.75) is 52.0 Å². The van der Waals surface area contributed by atoms with Crippen LogP contribution in [0.4, 0.5) is 0 Å². The van der Waals surface area contributed by atoms with Gasteiger partial charge in [-0.05, 0) is 59.6 Å². The number of hydrogen-bond donors (Lipinski definition) is 1. The number of thiophene rings is 1. The molecule has 1 N–H and O–H groups in total. The van der Waals surface area contributed by atoms with Gasteiger partial charge in [0.15, 0.2) is 0 Å². The number of halogens is 1. The summed E-state index contributed by atoms with van der Waals surface area (Å²) in [5.41, 5.74) is 0. The molecule has 3 heteroatoms. The molecule has 1 aliphatic carbocycles. The van der Waals surface area contributed by atoms with Gasteiger partial charge in [-0.1, -0.05) is 26.7 Å². The molecule has 3 unspecified atom stereocenters. The van der Waals surface area contributed by atoms with Gasteiger partial charge in [-0.15, -0.1) is 11.3 Å². The summed E-state index contributed by atoms with van der Waals surface area (Å²) in [6, 6.07) is 2.96. The van der Waals surface area contributed by atoms with E-state index < -0.39 is 0 Å². The molecule has 1 aromatic heterocycles. The van der Waals surface area contributed by atoms with Gasteiger partial charge >= 0.3 is 0 Å². The first kappa shape index (κ1) is 14.5. The Kier molecular flexibility index (Phi) is 5.71. The first-order valence-electron chi connectivity index (χ1n) is 7.19. The molecule has 0 amide bonds. The molecule has 0 radical (unpaired) electrons. The van der Waals surface area contributed by atoms with E-state index in [0.717, 1.165) is 18.4 Å². The SMILES string of the molecule is CCNC(Cc1cc(Br)cs1)C1CCC(CC)C1. The number of likely N-dealkylation sites (N-methyl/N-ethyl adjacent to an activating group) is 1. The zero-order chi connectivity index (χ0) is 13.0. The summed E-state index contributed by atoms with van der Waals surface area (Å²) in [5.74, 6) is 1.86. The van der Waals surface area contributed by atoms with Crippen molar-refractivity contribution in [3.8, 4) is 0 Å². The maximum atomic E-state index is 3.72. The van der Waals surface area contributed by atoms with Gasteiger partial charge in [-0.2, -0.15) is 0 Å². The highest BCUT2D eigenvalue weighted by atomic mass is 79.9. The second kappa shape index (κ2) is 7.06. The lowest BCUT2D eigenvalue weighted by Gasteiger charge is -2.24. The second-order valence-corrected chi connectivity index (χ2v) is 7.36. The summed E-state index contributed by atoms with van der Waals surface area (Å²) in [6.45, 7) is 5.65. The summed E-state index contributed by atoms with van der Waals surface area (Å²) in [6.07, 6.45) is 6.85. The van der Waals surface area contributed by atoms with E-state index >= 15 is 0 Å². The van der Waals surface area contributed by atoms with Crippen molar-refractivity contribution >= 4 is 27.3 Å². The van der Waals surface area contributed by atoms with Crippen LogP contribution in [0.3, 0.4) is 0 Å². The zero-order valence-corrected chi connectivity index (χ0v) is 13.8. The van der Waals surface area contributed by atoms with Gasteiger partial charge in [0.2, 0.25) is 0 Å². The van der Waals surface area contributed by atoms with Gasteiger partial charge in [0.05, 0.1) is 0 Å². The Morgan fingerprint density at radius 2 is 2.28 bits per heavy atom. The lowest BCUT2D eigenvalue weighted by atomic mass is 9.93. The number of hydrogen-bond acceptors (Lipinski definition) is 2. The van der Waals surface area contributed by atoms with E-state index in [2.05, 4.69) is 46.5 Å². The van der Waals surface area contributed by atoms with Crippen molar-refractivity contribution in [3.05, 3.63) is 20.8 Å². The minimum absolute atomic E-state index is 0.678. The molecule has 1 aliphatic rings. The predicted molar refractivity (Wildman–Crippen MR) is 84.3 cm³/mol. The van der Waals surface area contributed by atoms with Gasteiger partial charge in [-0.25, -0.2) is 0 Å². The normalized spacial score (nSPS) is 25.5. The van der Waals surface area contributed by atoms with Crippen LogP contribution in [-0.2, 0) is 6.42 Å². The molecule has 0 aliphatic heterocycles. The third-order valence-corrected chi connectivity index (χ3v) is 5.96. The Morgan fingerprint density at radius 3 is 2.83 bits per heavy atom. The van der Waals surface area contributed by atoms with E-state index in [1.54, 1.807) is 0 Å². The highest BCUT2D eigenvalue weighted by Crippen LogP contribution is 2.36. The molecule has 0 spiro atoms. The van der Waals surface area contributed by atoms with Crippen LogP contribution >= 0.6 is 27.3 Å². The van der Waals surface area contributed by atoms with Gasteiger partial charge < -0.3 is 5.32 Å². The summed E-state index contributed by atoms with van der Waals surface area (Å²) in [5, 5.41) is 5.91. The minimum atomic E-state index is 0.678. The van der Waals surface area contributed by atoms with Crippen molar-refractivity contribution in [1.29, 1.82) is 0 Å². The Balaban J connectivity index is 1.95. The molecule has 1 heterocycles. The van der Waals surface area contributed by atoms with Crippen molar-refractivity contribution < 1.29 is 0 Å². The number of rotatable bonds is 6. The highest BCUT2D eigenvalue weighted by Gasteiger charge is 2.29. The van der Waals surface area contributed by atoms with Crippen LogP contribution in [0.25, 0.3) is 0 Å². The van der Waals surface area contributed by atoms with Crippen molar-refractivity contribution in [2.24, 2.45) is 11.8 Å². The summed E-state index contributed by atoms with van der Waals surface area (Å²) in [4.78, 5) is 1.51. The van der Waals surface area contributed by atoms with Gasteiger partial charge in [0.1, 0.15) is 0 Å². The van der Waals surface area contributed by atoms with E-state index in [0.29, 0.717) is 6.04 Å². The Morgan fingerprint density at radius 1 is 1.44 bits per heavy atom. The van der Waals surface area contributed by atoms with Crippen molar-refractivity contribution in [2.75, 3.05) is 6.54 Å². The topological polar surface area (TPSA) is 12.0 Å². The standard InChI is InChI=1S/C15H24BrNS/c1-3-11-5-6-12(7-11)15(17-4-2)9-14-8-13(16)10-18-14/h8,10-12,15,17H,3-7,9H2,1-2H3. The van der Waals surface area contributed by atoms with Crippen molar-refractivity contribution in [3.63, 3.8) is 0 Å². The van der Waals surface area contributed by atoms with E-state index in [1.807, 2.05) is 11.3 Å². The molecule has 1 fully saturated rings. The molecule has 2 rings (SSSR count). The largest absolute Gasteiger partial charge is 0.314 e. The maximum Gasteiger partial charge on any atom is 0.0285 e. The molecular formula is C15H24BrNS. The Labute approximate surface area is 123 Å². The average Bonchev–Trinajstić information content (AvgIpc) is 2.97. The summed E-state index contributed by atoms with van der Waals surface area (Å²) >= 11 is 5.44. The fourth-order valence-corrected chi connectivity index (χ4v) is 4.71. The molecule has 1 nitrogen and oxygen atoms in total.